The summed E-state index contributed by atoms with van der Waals surface area (Å²) in [5.74, 6) is -1.68. The third kappa shape index (κ3) is 5.23. The topological polar surface area (TPSA) is 121 Å². The Bertz CT molecular complexity index is 1390. The third-order valence-corrected chi connectivity index (χ3v) is 4.97. The Morgan fingerprint density at radius 1 is 1.06 bits per heavy atom. The lowest BCUT2D eigenvalue weighted by molar-refractivity contribution is -0.112. The maximum atomic E-state index is 12.8. The number of carboxylic acid groups (broad SMARTS) is 1. The number of nitrogens with zero attached hydrogens (tertiary/aromatic N) is 4. The first-order valence-corrected chi connectivity index (χ1v) is 10.3. The first-order valence-electron chi connectivity index (χ1n) is 10.3. The van der Waals surface area contributed by atoms with E-state index in [2.05, 4.69) is 15.4 Å². The van der Waals surface area contributed by atoms with E-state index < -0.39 is 11.9 Å². The van der Waals surface area contributed by atoms with Gasteiger partial charge in [-0.2, -0.15) is 10.4 Å². The molecule has 0 fully saturated rings. The summed E-state index contributed by atoms with van der Waals surface area (Å²) in [5.41, 5.74) is 3.35. The van der Waals surface area contributed by atoms with Gasteiger partial charge in [-0.1, -0.05) is 30.3 Å². The Kier molecular flexibility index (Phi) is 6.56. The molecular weight excluding hydrogens is 430 g/mol. The van der Waals surface area contributed by atoms with E-state index in [0.29, 0.717) is 23.5 Å². The smallest absolute Gasteiger partial charge is 0.335 e. The number of anilines is 1. The van der Waals surface area contributed by atoms with Gasteiger partial charge in [0.1, 0.15) is 17.3 Å². The number of benzene rings is 2. The zero-order chi connectivity index (χ0) is 23.9. The van der Waals surface area contributed by atoms with Crippen LogP contribution in [0.5, 0.6) is 0 Å². The molecule has 4 rings (SSSR count). The monoisotopic (exact) mass is 449 g/mol. The fourth-order valence-corrected chi connectivity index (χ4v) is 3.32. The van der Waals surface area contributed by atoms with Gasteiger partial charge in [-0.15, -0.1) is 0 Å². The van der Waals surface area contributed by atoms with E-state index in [9.17, 15) is 14.9 Å². The Morgan fingerprint density at radius 3 is 2.47 bits per heavy atom. The van der Waals surface area contributed by atoms with Crippen molar-refractivity contribution in [2.24, 2.45) is 0 Å². The predicted octanol–water partition coefficient (Wildman–Crippen LogP) is 4.24. The van der Waals surface area contributed by atoms with Crippen LogP contribution in [-0.2, 0) is 11.3 Å². The third-order valence-electron chi connectivity index (χ3n) is 4.97. The maximum absolute atomic E-state index is 12.8. The molecule has 0 unspecified atom stereocenters. The SMILES string of the molecule is N#CC(=Cc1cn(Cc2ccccc2)nc1-c1cccnc1)C(=O)Nc1ccc(C(=O)O)cc1. The van der Waals surface area contributed by atoms with Crippen LogP contribution in [0.2, 0.25) is 0 Å². The van der Waals surface area contributed by atoms with Gasteiger partial charge in [0.2, 0.25) is 0 Å². The molecule has 2 aromatic carbocycles. The first-order chi connectivity index (χ1) is 16.5. The average molecular weight is 449 g/mol. The number of amides is 1. The Hall–Kier alpha value is -5.03. The molecule has 34 heavy (non-hydrogen) atoms. The number of nitrogens with one attached hydrogen (secondary N) is 1. The highest BCUT2D eigenvalue weighted by Crippen LogP contribution is 2.24. The van der Waals surface area contributed by atoms with Crippen LogP contribution in [0.15, 0.2) is 90.9 Å². The predicted molar refractivity (Wildman–Crippen MR) is 127 cm³/mol. The second kappa shape index (κ2) is 10.1. The molecule has 0 radical (unpaired) electrons. The van der Waals surface area contributed by atoms with Crippen LogP contribution in [0, 0.1) is 11.3 Å². The number of aromatic nitrogens is 3. The van der Waals surface area contributed by atoms with Gasteiger partial charge >= 0.3 is 5.97 Å². The van der Waals surface area contributed by atoms with E-state index in [4.69, 9.17) is 5.11 Å². The number of pyridine rings is 1. The van der Waals surface area contributed by atoms with Crippen molar-refractivity contribution >= 4 is 23.6 Å². The van der Waals surface area contributed by atoms with E-state index >= 15 is 0 Å². The Balaban J connectivity index is 1.65. The van der Waals surface area contributed by atoms with Gasteiger partial charge in [-0.05, 0) is 48.0 Å². The van der Waals surface area contributed by atoms with Crippen molar-refractivity contribution in [2.45, 2.75) is 6.54 Å². The van der Waals surface area contributed by atoms with Crippen LogP contribution in [0.3, 0.4) is 0 Å². The van der Waals surface area contributed by atoms with Crippen LogP contribution in [0.1, 0.15) is 21.5 Å². The minimum absolute atomic E-state index is 0.0981. The lowest BCUT2D eigenvalue weighted by Crippen LogP contribution is -2.13. The van der Waals surface area contributed by atoms with Gasteiger partial charge < -0.3 is 10.4 Å². The summed E-state index contributed by atoms with van der Waals surface area (Å²) in [7, 11) is 0. The summed E-state index contributed by atoms with van der Waals surface area (Å²) in [4.78, 5) is 27.9. The molecule has 8 heteroatoms. The van der Waals surface area contributed by atoms with E-state index in [1.165, 1.54) is 30.3 Å². The summed E-state index contributed by atoms with van der Waals surface area (Å²) in [5, 5.41) is 26.0. The number of carbonyl (C=O) groups is 2. The molecule has 0 aliphatic rings. The fourth-order valence-electron chi connectivity index (χ4n) is 3.32. The highest BCUT2D eigenvalue weighted by Gasteiger charge is 2.15. The Morgan fingerprint density at radius 2 is 1.82 bits per heavy atom. The molecule has 4 aromatic rings. The summed E-state index contributed by atoms with van der Waals surface area (Å²) < 4.78 is 1.75. The van der Waals surface area contributed by atoms with Crippen LogP contribution < -0.4 is 5.32 Å². The molecule has 0 spiro atoms. The molecule has 0 bridgehead atoms. The molecule has 0 atom stereocenters. The van der Waals surface area contributed by atoms with Crippen molar-refractivity contribution < 1.29 is 14.7 Å². The van der Waals surface area contributed by atoms with Crippen molar-refractivity contribution in [3.8, 4) is 17.3 Å². The quantitative estimate of drug-likeness (QED) is 0.322. The lowest BCUT2D eigenvalue weighted by Gasteiger charge is -2.05. The maximum Gasteiger partial charge on any atom is 0.335 e. The van der Waals surface area contributed by atoms with Crippen LogP contribution in [0.4, 0.5) is 5.69 Å². The average Bonchev–Trinajstić information content (AvgIpc) is 3.26. The summed E-state index contributed by atoms with van der Waals surface area (Å²) >= 11 is 0. The lowest BCUT2D eigenvalue weighted by atomic mass is 10.1. The zero-order valence-electron chi connectivity index (χ0n) is 17.9. The van der Waals surface area contributed by atoms with E-state index in [1.54, 1.807) is 29.3 Å². The summed E-state index contributed by atoms with van der Waals surface area (Å²) in [6, 6.07) is 21.1. The largest absolute Gasteiger partial charge is 0.478 e. The number of hydrogen-bond donors (Lipinski definition) is 2. The van der Waals surface area contributed by atoms with Crippen LogP contribution in [-0.4, -0.2) is 31.7 Å². The number of carboxylic acids is 1. The second-order valence-corrected chi connectivity index (χ2v) is 7.36. The fraction of sp³-hybridized carbons (Fsp3) is 0.0385. The molecule has 0 aliphatic heterocycles. The van der Waals surface area contributed by atoms with Gasteiger partial charge in [0.25, 0.3) is 5.91 Å². The molecule has 166 valence electrons. The minimum atomic E-state index is -1.06. The zero-order valence-corrected chi connectivity index (χ0v) is 17.9. The van der Waals surface area contributed by atoms with Crippen molar-refractivity contribution in [3.63, 3.8) is 0 Å². The van der Waals surface area contributed by atoms with Crippen molar-refractivity contribution in [3.05, 3.63) is 108 Å². The van der Waals surface area contributed by atoms with Crippen molar-refractivity contribution in [2.75, 3.05) is 5.32 Å². The standard InChI is InChI=1S/C26H19N5O3/c27-14-21(25(32)29-23-10-8-19(9-11-23)26(33)34)13-22-17-31(16-18-5-2-1-3-6-18)30-24(22)20-7-4-12-28-15-20/h1-13,15,17H,16H2,(H,29,32)(H,33,34). The van der Waals surface area contributed by atoms with Gasteiger partial charge in [0.05, 0.1) is 12.1 Å². The van der Waals surface area contributed by atoms with E-state index in [0.717, 1.165) is 11.1 Å². The molecule has 0 saturated carbocycles. The molecule has 2 N–H and O–H groups in total. The highest BCUT2D eigenvalue weighted by atomic mass is 16.4. The van der Waals surface area contributed by atoms with E-state index in [-0.39, 0.29) is 11.1 Å². The highest BCUT2D eigenvalue weighted by molar-refractivity contribution is 6.10. The second-order valence-electron chi connectivity index (χ2n) is 7.36. The Labute approximate surface area is 195 Å². The molecule has 1 amide bonds. The summed E-state index contributed by atoms with van der Waals surface area (Å²) in [6.07, 6.45) is 6.59. The first kappa shape index (κ1) is 22.2. The number of aromatic carboxylic acids is 1. The molecular formula is C26H19N5O3. The van der Waals surface area contributed by atoms with Gasteiger partial charge in [-0.3, -0.25) is 14.5 Å². The van der Waals surface area contributed by atoms with Crippen molar-refractivity contribution in [1.29, 1.82) is 5.26 Å². The number of hydrogen-bond acceptors (Lipinski definition) is 5. The number of rotatable bonds is 7. The van der Waals surface area contributed by atoms with Crippen molar-refractivity contribution in [1.82, 2.24) is 14.8 Å². The van der Waals surface area contributed by atoms with E-state index in [1.807, 2.05) is 42.5 Å². The number of nitriles is 1. The summed E-state index contributed by atoms with van der Waals surface area (Å²) in [6.45, 7) is 0.520. The minimum Gasteiger partial charge on any atom is -0.478 e. The van der Waals surface area contributed by atoms with Crippen LogP contribution in [0.25, 0.3) is 17.3 Å². The molecule has 2 aromatic heterocycles. The molecule has 8 nitrogen and oxygen atoms in total. The normalized spacial score (nSPS) is 11.0. The van der Waals surface area contributed by atoms with Crippen LogP contribution >= 0.6 is 0 Å². The molecule has 0 aliphatic carbocycles. The van der Waals surface area contributed by atoms with Gasteiger partial charge in [0, 0.05) is 35.4 Å². The number of carbonyl (C=O) groups excluding carboxylic acids is 1. The molecule has 0 saturated heterocycles. The van der Waals surface area contributed by atoms with Gasteiger partial charge in [-0.25, -0.2) is 4.79 Å². The molecule has 2 heterocycles. The van der Waals surface area contributed by atoms with Gasteiger partial charge in [0.15, 0.2) is 0 Å².